The van der Waals surface area contributed by atoms with E-state index in [1.54, 1.807) is 0 Å². The molecule has 6 unspecified atom stereocenters. The third kappa shape index (κ3) is 46.9. The van der Waals surface area contributed by atoms with E-state index in [0.717, 1.165) is 141 Å². The number of allylic oxidation sites excluding steroid dienone is 22. The van der Waals surface area contributed by atoms with Gasteiger partial charge in [-0.2, -0.15) is 0 Å². The lowest BCUT2D eigenvalue weighted by molar-refractivity contribution is -0.301. The fraction of sp³-hybridized carbons (Fsp3) is 0.634. The second-order valence-corrected chi connectivity index (χ2v) is 21.3. The molecule has 1 aliphatic rings. The number of carboxylic acid groups (broad SMARTS) is 1. The summed E-state index contributed by atoms with van der Waals surface area (Å²) in [4.78, 5) is 51.3. The van der Waals surface area contributed by atoms with Gasteiger partial charge < -0.3 is 39.0 Å². The number of hydrogen-bond acceptors (Lipinski definition) is 11. The lowest BCUT2D eigenvalue weighted by Gasteiger charge is -2.40. The monoisotopic (exact) mass is 1160 g/mol. The number of carbonyl (C=O) groups excluding carboxylic acids is 3. The second-order valence-electron chi connectivity index (χ2n) is 21.3. The lowest BCUT2D eigenvalue weighted by atomic mass is 9.98. The molecule has 83 heavy (non-hydrogen) atoms. The van der Waals surface area contributed by atoms with E-state index in [2.05, 4.69) is 142 Å². The van der Waals surface area contributed by atoms with Crippen LogP contribution in [-0.4, -0.2) is 89.2 Å². The van der Waals surface area contributed by atoms with Crippen molar-refractivity contribution in [1.29, 1.82) is 0 Å². The molecule has 0 radical (unpaired) electrons. The van der Waals surface area contributed by atoms with Crippen molar-refractivity contribution in [3.63, 3.8) is 0 Å². The standard InChI is InChI=1S/C71H112O12/c1-4-7-10-13-16-19-22-25-28-30-32-34-37-39-42-45-48-51-54-57-63(72)79-60-62(81-64(73)58-55-52-49-46-43-40-36-27-24-21-18-15-12-9-6-3)61-80-71-69(67(76)66(75)68(83-71)70(77)78)82-65(74)59-56-53-50-47-44-41-38-35-33-31-29-26-23-20-17-14-11-8-5-2/h7,10,16-21,25-29,32-36,39,42,48,51,62,66-69,71,75-76H,4-6,8-9,11-15,22-24,30-31,37-38,40-41,43-47,49-50,52-61H2,1-3H3,(H,77,78)/b10-7-,19-16-,20-17-,21-18-,28-25-,29-26-,34-32-,35-33-,36-27-,42-39-,51-48-. The number of aliphatic carboxylic acids is 1. The maximum absolute atomic E-state index is 13.2. The molecule has 468 valence electrons. The molecule has 12 nitrogen and oxygen atoms in total. The largest absolute Gasteiger partial charge is 0.479 e. The zero-order valence-electron chi connectivity index (χ0n) is 51.6. The van der Waals surface area contributed by atoms with Crippen LogP contribution in [0.5, 0.6) is 0 Å². The van der Waals surface area contributed by atoms with Crippen LogP contribution in [0.4, 0.5) is 0 Å². The minimum Gasteiger partial charge on any atom is -0.479 e. The maximum atomic E-state index is 13.2. The fourth-order valence-electron chi connectivity index (χ4n) is 8.78. The second kappa shape index (κ2) is 57.3. The van der Waals surface area contributed by atoms with E-state index in [0.29, 0.717) is 19.3 Å². The van der Waals surface area contributed by atoms with Gasteiger partial charge in [0.15, 0.2) is 24.6 Å². The molecule has 0 aromatic carbocycles. The van der Waals surface area contributed by atoms with Gasteiger partial charge in [-0.25, -0.2) is 4.79 Å². The Kier molecular flexibility index (Phi) is 52.4. The Morgan fingerprint density at radius 3 is 1.20 bits per heavy atom. The summed E-state index contributed by atoms with van der Waals surface area (Å²) in [6.45, 7) is 5.75. The van der Waals surface area contributed by atoms with Gasteiger partial charge in [0, 0.05) is 19.3 Å². The summed E-state index contributed by atoms with van der Waals surface area (Å²) >= 11 is 0. The fourth-order valence-corrected chi connectivity index (χ4v) is 8.78. The molecule has 1 aliphatic heterocycles. The minimum absolute atomic E-state index is 0.0300. The Morgan fingerprint density at radius 2 is 0.783 bits per heavy atom. The Labute approximate surface area is 502 Å². The number of hydrogen-bond donors (Lipinski definition) is 3. The Morgan fingerprint density at radius 1 is 0.410 bits per heavy atom. The smallest absolute Gasteiger partial charge is 0.335 e. The molecule has 0 aliphatic carbocycles. The van der Waals surface area contributed by atoms with Crippen LogP contribution >= 0.6 is 0 Å². The molecule has 12 heteroatoms. The van der Waals surface area contributed by atoms with Crippen molar-refractivity contribution in [1.82, 2.24) is 0 Å². The van der Waals surface area contributed by atoms with Gasteiger partial charge in [0.2, 0.25) is 0 Å². The number of ether oxygens (including phenoxy) is 5. The SMILES string of the molecule is CC/C=C\C/C=C\C/C=C\C/C=C\C/C=C\C/C=C\CCC(=O)OCC(COC1OC(C(=O)O)C(O)C(O)C1OC(=O)CCCCCCCC/C=C\C/C=C\C/C=C\CCCCC)OC(=O)CCCCCCC/C=C\C/C=C\CCCCC. The summed E-state index contributed by atoms with van der Waals surface area (Å²) in [5, 5.41) is 31.6. The molecule has 1 rings (SSSR count). The molecule has 0 amide bonds. The van der Waals surface area contributed by atoms with Crippen molar-refractivity contribution in [3.05, 3.63) is 134 Å². The summed E-state index contributed by atoms with van der Waals surface area (Å²) in [6, 6.07) is 0. The molecule has 3 N–H and O–H groups in total. The average Bonchev–Trinajstić information content (AvgIpc) is 3.57. The average molecular weight is 1160 g/mol. The van der Waals surface area contributed by atoms with Gasteiger partial charge in [0.1, 0.15) is 18.8 Å². The third-order valence-corrected chi connectivity index (χ3v) is 13.7. The quantitative estimate of drug-likeness (QED) is 0.0228. The van der Waals surface area contributed by atoms with Crippen molar-refractivity contribution < 1.29 is 58.2 Å². The highest BCUT2D eigenvalue weighted by Gasteiger charge is 2.50. The molecule has 0 aromatic rings. The van der Waals surface area contributed by atoms with Crippen LogP contribution in [0.3, 0.4) is 0 Å². The first-order valence-electron chi connectivity index (χ1n) is 32.2. The molecule has 1 fully saturated rings. The van der Waals surface area contributed by atoms with Crippen molar-refractivity contribution >= 4 is 23.9 Å². The highest BCUT2D eigenvalue weighted by atomic mass is 16.7. The third-order valence-electron chi connectivity index (χ3n) is 13.7. The van der Waals surface area contributed by atoms with Gasteiger partial charge in [0.25, 0.3) is 0 Å². The first-order valence-corrected chi connectivity index (χ1v) is 32.2. The van der Waals surface area contributed by atoms with Crippen LogP contribution < -0.4 is 0 Å². The molecular weight excluding hydrogens is 1040 g/mol. The molecule has 0 spiro atoms. The number of aliphatic hydroxyl groups is 2. The van der Waals surface area contributed by atoms with E-state index in [9.17, 15) is 34.5 Å². The van der Waals surface area contributed by atoms with Crippen LogP contribution in [0.15, 0.2) is 134 Å². The van der Waals surface area contributed by atoms with Crippen molar-refractivity contribution in [3.8, 4) is 0 Å². The Bertz CT molecular complexity index is 1950. The number of rotatable bonds is 53. The van der Waals surface area contributed by atoms with E-state index in [1.807, 2.05) is 12.2 Å². The predicted octanol–water partition coefficient (Wildman–Crippen LogP) is 17.3. The van der Waals surface area contributed by atoms with E-state index in [1.165, 1.54) is 38.5 Å². The van der Waals surface area contributed by atoms with Crippen molar-refractivity contribution in [2.24, 2.45) is 0 Å². The zero-order chi connectivity index (χ0) is 60.3. The number of carboxylic acids is 1. The van der Waals surface area contributed by atoms with Crippen LogP contribution in [0, 0.1) is 0 Å². The summed E-state index contributed by atoms with van der Waals surface area (Å²) in [6.07, 6.45) is 68.4. The van der Waals surface area contributed by atoms with Crippen LogP contribution in [0.2, 0.25) is 0 Å². The molecular formula is C71H112O12. The maximum Gasteiger partial charge on any atom is 0.335 e. The molecule has 1 heterocycles. The van der Waals surface area contributed by atoms with Gasteiger partial charge in [0.05, 0.1) is 6.61 Å². The van der Waals surface area contributed by atoms with Crippen molar-refractivity contribution in [2.75, 3.05) is 13.2 Å². The van der Waals surface area contributed by atoms with E-state index in [-0.39, 0.29) is 25.9 Å². The van der Waals surface area contributed by atoms with Crippen LogP contribution in [-0.2, 0) is 42.9 Å². The van der Waals surface area contributed by atoms with Gasteiger partial charge in [-0.15, -0.1) is 0 Å². The first kappa shape index (κ1) is 75.9. The first-order chi connectivity index (χ1) is 40.6. The number of aliphatic hydroxyl groups excluding tert-OH is 2. The highest BCUT2D eigenvalue weighted by molar-refractivity contribution is 5.74. The number of unbranched alkanes of at least 4 members (excludes halogenated alkanes) is 17. The minimum atomic E-state index is -1.93. The molecule has 0 aromatic heterocycles. The van der Waals surface area contributed by atoms with Gasteiger partial charge in [-0.1, -0.05) is 225 Å². The molecule has 1 saturated heterocycles. The summed E-state index contributed by atoms with van der Waals surface area (Å²) in [7, 11) is 0. The van der Waals surface area contributed by atoms with Crippen LogP contribution in [0.1, 0.15) is 239 Å². The molecule has 0 bridgehead atoms. The summed E-state index contributed by atoms with van der Waals surface area (Å²) in [5.41, 5.74) is 0. The van der Waals surface area contributed by atoms with Gasteiger partial charge in [-0.3, -0.25) is 14.4 Å². The van der Waals surface area contributed by atoms with Crippen molar-refractivity contribution in [2.45, 2.75) is 276 Å². The molecule has 0 saturated carbocycles. The van der Waals surface area contributed by atoms with E-state index < -0.39 is 67.3 Å². The van der Waals surface area contributed by atoms with Gasteiger partial charge in [-0.05, 0) is 128 Å². The number of esters is 3. The predicted molar refractivity (Wildman–Crippen MR) is 340 cm³/mol. The molecule has 6 atom stereocenters. The lowest BCUT2D eigenvalue weighted by Crippen LogP contribution is -2.61. The Hall–Kier alpha value is -5.14. The highest BCUT2D eigenvalue weighted by Crippen LogP contribution is 2.26. The number of carbonyl (C=O) groups is 4. The van der Waals surface area contributed by atoms with E-state index >= 15 is 0 Å². The van der Waals surface area contributed by atoms with Gasteiger partial charge >= 0.3 is 23.9 Å². The zero-order valence-corrected chi connectivity index (χ0v) is 51.6. The normalized spacial score (nSPS) is 18.5. The summed E-state index contributed by atoms with van der Waals surface area (Å²) < 4.78 is 28.4. The Balaban J connectivity index is 2.73. The topological polar surface area (TPSA) is 175 Å². The summed E-state index contributed by atoms with van der Waals surface area (Å²) in [5.74, 6) is -3.28. The van der Waals surface area contributed by atoms with Crippen LogP contribution in [0.25, 0.3) is 0 Å². The van der Waals surface area contributed by atoms with E-state index in [4.69, 9.17) is 23.7 Å².